The van der Waals surface area contributed by atoms with Crippen molar-refractivity contribution in [3.8, 4) is 0 Å². The Morgan fingerprint density at radius 3 is 0.609 bits per heavy atom. The fraction of sp³-hybridized carbons (Fsp3) is 1.00. The maximum atomic E-state index is 5.76. The molecule has 0 N–H and O–H groups in total. The third kappa shape index (κ3) is 16.6. The Labute approximate surface area is 147 Å². The molecule has 0 bridgehead atoms. The number of ether oxygens (including phenoxy) is 1. The zero-order valence-electron chi connectivity index (χ0n) is 16.0. The fourth-order valence-corrected chi connectivity index (χ4v) is 3.69. The lowest BCUT2D eigenvalue weighted by Gasteiger charge is -2.05. The van der Waals surface area contributed by atoms with Gasteiger partial charge in [0.25, 0.3) is 0 Å². The molecule has 1 saturated heterocycles. The maximum absolute atomic E-state index is 5.76. The Morgan fingerprint density at radius 2 is 0.391 bits per heavy atom. The highest BCUT2D eigenvalue weighted by Crippen LogP contribution is 2.15. The van der Waals surface area contributed by atoms with Gasteiger partial charge in [0.15, 0.2) is 0 Å². The molecule has 0 aliphatic carbocycles. The quantitative estimate of drug-likeness (QED) is 0.441. The molecule has 0 saturated carbocycles. The number of hydrogen-bond acceptors (Lipinski definition) is 1. The van der Waals surface area contributed by atoms with Crippen LogP contribution >= 0.6 is 0 Å². The second-order valence-corrected chi connectivity index (χ2v) is 7.68. The minimum Gasteiger partial charge on any atom is -0.381 e. The van der Waals surface area contributed by atoms with E-state index in [9.17, 15) is 0 Å². The number of hydrogen-bond donors (Lipinski definition) is 0. The summed E-state index contributed by atoms with van der Waals surface area (Å²) in [6.45, 7) is 2.00. The maximum Gasteiger partial charge on any atom is 0.0466 e. The van der Waals surface area contributed by atoms with E-state index in [4.69, 9.17) is 4.74 Å². The molecule has 1 rings (SSSR count). The van der Waals surface area contributed by atoms with Crippen LogP contribution in [0.4, 0.5) is 0 Å². The number of rotatable bonds is 0. The van der Waals surface area contributed by atoms with Gasteiger partial charge in [0, 0.05) is 13.2 Å². The van der Waals surface area contributed by atoms with Crippen LogP contribution in [-0.4, -0.2) is 13.2 Å². The lowest BCUT2D eigenvalue weighted by Crippen LogP contribution is -1.97. The molecule has 0 radical (unpaired) electrons. The summed E-state index contributed by atoms with van der Waals surface area (Å²) in [6, 6.07) is 0. The topological polar surface area (TPSA) is 9.23 Å². The van der Waals surface area contributed by atoms with Crippen LogP contribution in [0.15, 0.2) is 0 Å². The van der Waals surface area contributed by atoms with Gasteiger partial charge in [-0.2, -0.15) is 0 Å². The van der Waals surface area contributed by atoms with Crippen molar-refractivity contribution in [1.29, 1.82) is 0 Å². The molecule has 138 valence electrons. The van der Waals surface area contributed by atoms with Crippen LogP contribution in [0.1, 0.15) is 128 Å². The Morgan fingerprint density at radius 1 is 0.217 bits per heavy atom. The van der Waals surface area contributed by atoms with E-state index < -0.39 is 0 Å². The van der Waals surface area contributed by atoms with E-state index in [2.05, 4.69) is 0 Å². The van der Waals surface area contributed by atoms with E-state index in [1.54, 1.807) is 0 Å². The highest BCUT2D eigenvalue weighted by Gasteiger charge is 1.97. The molecule has 1 nitrogen and oxygen atoms in total. The smallest absolute Gasteiger partial charge is 0.0466 e. The summed E-state index contributed by atoms with van der Waals surface area (Å²) in [5.74, 6) is 0. The molecule has 1 heteroatoms. The van der Waals surface area contributed by atoms with Crippen LogP contribution in [0, 0.1) is 0 Å². The third-order valence-electron chi connectivity index (χ3n) is 5.33. The molecule has 0 unspecified atom stereocenters. The zero-order chi connectivity index (χ0) is 16.3. The first kappa shape index (κ1) is 21.0. The first-order valence-electron chi connectivity index (χ1n) is 11.1. The first-order chi connectivity index (χ1) is 11.5. The van der Waals surface area contributed by atoms with Crippen molar-refractivity contribution in [3.63, 3.8) is 0 Å². The van der Waals surface area contributed by atoms with Crippen LogP contribution in [-0.2, 0) is 4.74 Å². The van der Waals surface area contributed by atoms with Gasteiger partial charge in [0.2, 0.25) is 0 Å². The SMILES string of the molecule is C1CCCCCCCCCCCOCCCCCCCCCC1. The predicted octanol–water partition coefficient (Wildman–Crippen LogP) is 7.82. The summed E-state index contributed by atoms with van der Waals surface area (Å²) in [7, 11) is 0. The van der Waals surface area contributed by atoms with E-state index in [1.165, 1.54) is 128 Å². The van der Waals surface area contributed by atoms with Gasteiger partial charge in [-0.15, -0.1) is 0 Å². The summed E-state index contributed by atoms with van der Waals surface area (Å²) in [4.78, 5) is 0. The Bertz CT molecular complexity index is 110. The van der Waals surface area contributed by atoms with Crippen LogP contribution in [0.5, 0.6) is 0 Å². The molecular formula is C22H44O. The van der Waals surface area contributed by atoms with Gasteiger partial charge in [-0.25, -0.2) is 0 Å². The van der Waals surface area contributed by atoms with Crippen molar-refractivity contribution < 1.29 is 4.74 Å². The molecule has 0 aromatic heterocycles. The van der Waals surface area contributed by atoms with Gasteiger partial charge in [-0.05, 0) is 12.8 Å². The van der Waals surface area contributed by atoms with Gasteiger partial charge in [0.05, 0.1) is 0 Å². The van der Waals surface area contributed by atoms with E-state index in [1.807, 2.05) is 0 Å². The highest BCUT2D eigenvalue weighted by molar-refractivity contribution is 4.51. The van der Waals surface area contributed by atoms with E-state index >= 15 is 0 Å². The van der Waals surface area contributed by atoms with E-state index in [-0.39, 0.29) is 0 Å². The van der Waals surface area contributed by atoms with Gasteiger partial charge in [-0.1, -0.05) is 116 Å². The minimum absolute atomic E-state index is 1.00. The van der Waals surface area contributed by atoms with Gasteiger partial charge >= 0.3 is 0 Å². The highest BCUT2D eigenvalue weighted by atomic mass is 16.5. The molecule has 1 heterocycles. The largest absolute Gasteiger partial charge is 0.381 e. The van der Waals surface area contributed by atoms with Gasteiger partial charge in [-0.3, -0.25) is 0 Å². The summed E-state index contributed by atoms with van der Waals surface area (Å²) >= 11 is 0. The van der Waals surface area contributed by atoms with Crippen LogP contribution in [0.25, 0.3) is 0 Å². The van der Waals surface area contributed by atoms with Crippen molar-refractivity contribution >= 4 is 0 Å². The lowest BCUT2D eigenvalue weighted by atomic mass is 10.0. The summed E-state index contributed by atoms with van der Waals surface area (Å²) in [5, 5.41) is 0. The molecular weight excluding hydrogens is 280 g/mol. The standard InChI is InChI=1S/C22H44O/c1-2-4-6-8-10-12-14-16-18-20-22-23-21-19-17-15-13-11-9-7-5-3-1/h1-22H2. The average Bonchev–Trinajstić information content (AvgIpc) is 2.56. The average molecular weight is 325 g/mol. The van der Waals surface area contributed by atoms with Crippen LogP contribution in [0.2, 0.25) is 0 Å². The van der Waals surface area contributed by atoms with E-state index in [0.717, 1.165) is 13.2 Å². The molecule has 1 aliphatic heterocycles. The summed E-state index contributed by atoms with van der Waals surface area (Å²) in [5.41, 5.74) is 0. The van der Waals surface area contributed by atoms with Gasteiger partial charge in [0.1, 0.15) is 0 Å². The predicted molar refractivity (Wildman–Crippen MR) is 103 cm³/mol. The Kier molecular flexibility index (Phi) is 16.7. The van der Waals surface area contributed by atoms with Crippen molar-refractivity contribution in [2.45, 2.75) is 128 Å². The molecule has 0 aromatic carbocycles. The molecule has 0 atom stereocenters. The van der Waals surface area contributed by atoms with Crippen molar-refractivity contribution in [2.24, 2.45) is 0 Å². The fourth-order valence-electron chi connectivity index (χ4n) is 3.69. The second kappa shape index (κ2) is 18.3. The van der Waals surface area contributed by atoms with Crippen LogP contribution in [0.3, 0.4) is 0 Å². The van der Waals surface area contributed by atoms with Crippen molar-refractivity contribution in [3.05, 3.63) is 0 Å². The molecule has 0 amide bonds. The molecule has 23 heavy (non-hydrogen) atoms. The van der Waals surface area contributed by atoms with E-state index in [0.29, 0.717) is 0 Å². The summed E-state index contributed by atoms with van der Waals surface area (Å²) in [6.07, 6.45) is 28.7. The minimum atomic E-state index is 1.00. The van der Waals surface area contributed by atoms with Crippen molar-refractivity contribution in [1.82, 2.24) is 0 Å². The lowest BCUT2D eigenvalue weighted by molar-refractivity contribution is 0.125. The van der Waals surface area contributed by atoms with Crippen LogP contribution < -0.4 is 0 Å². The van der Waals surface area contributed by atoms with Gasteiger partial charge < -0.3 is 4.74 Å². The Hall–Kier alpha value is -0.0400. The molecule has 0 aromatic rings. The third-order valence-corrected chi connectivity index (χ3v) is 5.33. The molecule has 1 aliphatic rings. The molecule has 0 spiro atoms. The molecule has 1 fully saturated rings. The zero-order valence-corrected chi connectivity index (χ0v) is 16.0. The van der Waals surface area contributed by atoms with Crippen molar-refractivity contribution in [2.75, 3.05) is 13.2 Å². The summed E-state index contributed by atoms with van der Waals surface area (Å²) < 4.78 is 5.76. The first-order valence-corrected chi connectivity index (χ1v) is 11.1. The monoisotopic (exact) mass is 324 g/mol. The Balaban J connectivity index is 2.00. The normalized spacial score (nSPS) is 24.0. The second-order valence-electron chi connectivity index (χ2n) is 7.68.